The van der Waals surface area contributed by atoms with Crippen LogP contribution in [-0.2, 0) is 10.0 Å². The van der Waals surface area contributed by atoms with Crippen molar-refractivity contribution in [2.45, 2.75) is 38.9 Å². The summed E-state index contributed by atoms with van der Waals surface area (Å²) in [6.45, 7) is 5.11. The molecule has 0 fully saturated rings. The Morgan fingerprint density at radius 2 is 2.03 bits per heavy atom. The maximum Gasteiger partial charge on any atom is 0.235 e. The van der Waals surface area contributed by atoms with Crippen LogP contribution in [0, 0.1) is 18.6 Å². The van der Waals surface area contributed by atoms with E-state index < -0.39 is 43.9 Å². The van der Waals surface area contributed by atoms with Gasteiger partial charge in [0.1, 0.15) is 11.5 Å². The van der Waals surface area contributed by atoms with Crippen molar-refractivity contribution in [3.63, 3.8) is 0 Å². The predicted molar refractivity (Wildman–Crippen MR) is 108 cm³/mol. The third-order valence-electron chi connectivity index (χ3n) is 4.71. The molecule has 1 aromatic carbocycles. The lowest BCUT2D eigenvalue weighted by atomic mass is 10.0. The van der Waals surface area contributed by atoms with E-state index in [4.69, 9.17) is 0 Å². The summed E-state index contributed by atoms with van der Waals surface area (Å²) >= 11 is 0. The molecule has 0 saturated carbocycles. The normalized spacial score (nSPS) is 12.9. The molecule has 0 aliphatic rings. The van der Waals surface area contributed by atoms with Crippen LogP contribution in [0.4, 0.5) is 14.5 Å². The molecule has 3 rings (SSSR count). The molecule has 0 radical (unpaired) electrons. The molecule has 2 aromatic heterocycles. The lowest BCUT2D eigenvalue weighted by Gasteiger charge is -2.15. The van der Waals surface area contributed by atoms with Crippen LogP contribution >= 0.6 is 0 Å². The Bertz CT molecular complexity index is 1190. The SMILES string of the molecule is CCCC(C)S(=O)(=O)Nc1ccc(F)c(C(=O)c2c[nH]c3ncc(C)cc23)c1F. The number of pyridine rings is 1. The first kappa shape index (κ1) is 20.9. The molecule has 0 aliphatic carbocycles. The number of aromatic nitrogens is 2. The third kappa shape index (κ3) is 4.00. The van der Waals surface area contributed by atoms with Crippen LogP contribution in [0.1, 0.15) is 48.2 Å². The lowest BCUT2D eigenvalue weighted by Crippen LogP contribution is -2.26. The second kappa shape index (κ2) is 7.90. The Morgan fingerprint density at radius 3 is 2.72 bits per heavy atom. The third-order valence-corrected chi connectivity index (χ3v) is 6.51. The fourth-order valence-electron chi connectivity index (χ4n) is 3.09. The molecule has 2 N–H and O–H groups in total. The minimum Gasteiger partial charge on any atom is -0.345 e. The highest BCUT2D eigenvalue weighted by atomic mass is 32.2. The number of hydrogen-bond acceptors (Lipinski definition) is 4. The van der Waals surface area contributed by atoms with Crippen LogP contribution in [0.2, 0.25) is 0 Å². The van der Waals surface area contributed by atoms with E-state index in [-0.39, 0.29) is 5.56 Å². The number of aromatic amines is 1. The maximum absolute atomic E-state index is 15.0. The standard InChI is InChI=1S/C20H21F2N3O3S/c1-4-5-12(3)29(27,28)25-16-7-6-15(21)17(18(16)22)19(26)14-10-24-20-13(14)8-11(2)9-23-20/h6-10,12,25H,4-5H2,1-3H3,(H,23,24). The quantitative estimate of drug-likeness (QED) is 0.556. The van der Waals surface area contributed by atoms with Crippen molar-refractivity contribution in [3.8, 4) is 0 Å². The van der Waals surface area contributed by atoms with Crippen LogP contribution in [0.15, 0.2) is 30.6 Å². The lowest BCUT2D eigenvalue weighted by molar-refractivity contribution is 0.103. The van der Waals surface area contributed by atoms with Gasteiger partial charge in [-0.05, 0) is 44.0 Å². The summed E-state index contributed by atoms with van der Waals surface area (Å²) in [5.74, 6) is -3.23. The van der Waals surface area contributed by atoms with Gasteiger partial charge >= 0.3 is 0 Å². The molecule has 2 heterocycles. The van der Waals surface area contributed by atoms with Crippen LogP contribution < -0.4 is 4.72 Å². The maximum atomic E-state index is 15.0. The first-order chi connectivity index (χ1) is 13.7. The zero-order chi connectivity index (χ0) is 21.3. The number of rotatable bonds is 7. The van der Waals surface area contributed by atoms with Crippen LogP contribution in [-0.4, -0.2) is 29.4 Å². The summed E-state index contributed by atoms with van der Waals surface area (Å²) in [6, 6.07) is 3.52. The summed E-state index contributed by atoms with van der Waals surface area (Å²) in [5.41, 5.74) is -0.0560. The molecular weight excluding hydrogens is 400 g/mol. The number of anilines is 1. The van der Waals surface area contributed by atoms with E-state index in [1.165, 1.54) is 13.1 Å². The monoisotopic (exact) mass is 421 g/mol. The number of carbonyl (C=O) groups is 1. The summed E-state index contributed by atoms with van der Waals surface area (Å²) < 4.78 is 56.3. The van der Waals surface area contributed by atoms with E-state index in [1.54, 1.807) is 19.2 Å². The number of ketones is 1. The second-order valence-electron chi connectivity index (χ2n) is 6.97. The molecule has 0 amide bonds. The topological polar surface area (TPSA) is 91.9 Å². The molecule has 1 unspecified atom stereocenters. The fraction of sp³-hybridized carbons (Fsp3) is 0.300. The largest absolute Gasteiger partial charge is 0.345 e. The molecule has 1 atom stereocenters. The zero-order valence-electron chi connectivity index (χ0n) is 16.2. The van der Waals surface area contributed by atoms with Crippen LogP contribution in [0.5, 0.6) is 0 Å². The van der Waals surface area contributed by atoms with Gasteiger partial charge in [-0.25, -0.2) is 22.2 Å². The number of H-pyrrole nitrogens is 1. The highest BCUT2D eigenvalue weighted by Crippen LogP contribution is 2.28. The fourth-order valence-corrected chi connectivity index (χ4v) is 4.30. The highest BCUT2D eigenvalue weighted by molar-refractivity contribution is 7.93. The molecule has 154 valence electrons. The van der Waals surface area contributed by atoms with Crippen molar-refractivity contribution in [1.29, 1.82) is 0 Å². The number of aryl methyl sites for hydroxylation is 1. The van der Waals surface area contributed by atoms with Gasteiger partial charge in [0.15, 0.2) is 5.82 Å². The first-order valence-electron chi connectivity index (χ1n) is 9.13. The predicted octanol–water partition coefficient (Wildman–Crippen LogP) is 4.31. The second-order valence-corrected chi connectivity index (χ2v) is 9.07. The van der Waals surface area contributed by atoms with Crippen molar-refractivity contribution in [1.82, 2.24) is 9.97 Å². The molecule has 0 saturated heterocycles. The molecular formula is C20H21F2N3O3S. The van der Waals surface area contributed by atoms with Gasteiger partial charge < -0.3 is 4.98 Å². The Morgan fingerprint density at radius 1 is 1.31 bits per heavy atom. The average molecular weight is 421 g/mol. The van der Waals surface area contributed by atoms with Crippen molar-refractivity contribution < 1.29 is 22.0 Å². The van der Waals surface area contributed by atoms with Crippen molar-refractivity contribution in [2.75, 3.05) is 4.72 Å². The summed E-state index contributed by atoms with van der Waals surface area (Å²) in [4.78, 5) is 19.9. The average Bonchev–Trinajstić information content (AvgIpc) is 3.07. The van der Waals surface area contributed by atoms with E-state index in [2.05, 4.69) is 14.7 Å². The smallest absolute Gasteiger partial charge is 0.235 e. The van der Waals surface area contributed by atoms with Crippen molar-refractivity contribution in [2.24, 2.45) is 0 Å². The van der Waals surface area contributed by atoms with Gasteiger partial charge in [0.2, 0.25) is 15.8 Å². The molecule has 0 spiro atoms. The van der Waals surface area contributed by atoms with Crippen LogP contribution in [0.3, 0.4) is 0 Å². The van der Waals surface area contributed by atoms with Crippen molar-refractivity contribution >= 4 is 32.5 Å². The van der Waals surface area contributed by atoms with Gasteiger partial charge in [-0.1, -0.05) is 13.3 Å². The number of nitrogens with one attached hydrogen (secondary N) is 2. The zero-order valence-corrected chi connectivity index (χ0v) is 17.0. The number of fused-ring (bicyclic) bond motifs is 1. The molecule has 6 nitrogen and oxygen atoms in total. The van der Waals surface area contributed by atoms with E-state index >= 15 is 4.39 Å². The van der Waals surface area contributed by atoms with E-state index in [0.717, 1.165) is 17.7 Å². The van der Waals surface area contributed by atoms with Crippen LogP contribution in [0.25, 0.3) is 11.0 Å². The molecule has 29 heavy (non-hydrogen) atoms. The van der Waals surface area contributed by atoms with E-state index in [1.807, 2.05) is 6.92 Å². The summed E-state index contributed by atoms with van der Waals surface area (Å²) in [6.07, 6.45) is 3.94. The minimum atomic E-state index is -3.89. The number of carbonyl (C=O) groups excluding carboxylic acids is 1. The van der Waals surface area contributed by atoms with Gasteiger partial charge in [0, 0.05) is 23.3 Å². The van der Waals surface area contributed by atoms with E-state index in [9.17, 15) is 17.6 Å². The Balaban J connectivity index is 2.05. The number of benzene rings is 1. The minimum absolute atomic E-state index is 0.0494. The summed E-state index contributed by atoms with van der Waals surface area (Å²) in [7, 11) is -3.89. The molecule has 3 aromatic rings. The first-order valence-corrected chi connectivity index (χ1v) is 10.7. The Labute approximate surface area is 167 Å². The number of hydrogen-bond donors (Lipinski definition) is 2. The van der Waals surface area contributed by atoms with Gasteiger partial charge in [-0.3, -0.25) is 9.52 Å². The number of sulfonamides is 1. The Hall–Kier alpha value is -2.81. The van der Waals surface area contributed by atoms with E-state index in [0.29, 0.717) is 23.9 Å². The van der Waals surface area contributed by atoms with Gasteiger partial charge in [-0.2, -0.15) is 0 Å². The molecule has 9 heteroatoms. The highest BCUT2D eigenvalue weighted by Gasteiger charge is 2.27. The summed E-state index contributed by atoms with van der Waals surface area (Å²) in [5, 5.41) is -0.338. The van der Waals surface area contributed by atoms with Gasteiger partial charge in [0.05, 0.1) is 16.5 Å². The number of nitrogens with zero attached hydrogens (tertiary/aromatic N) is 1. The number of halogens is 2. The molecule has 0 bridgehead atoms. The van der Waals surface area contributed by atoms with Crippen molar-refractivity contribution in [3.05, 3.63) is 58.9 Å². The molecule has 0 aliphatic heterocycles. The van der Waals surface area contributed by atoms with Gasteiger partial charge in [0.25, 0.3) is 0 Å². The Kier molecular flexibility index (Phi) is 5.70. The van der Waals surface area contributed by atoms with Gasteiger partial charge in [-0.15, -0.1) is 0 Å².